The maximum Gasteiger partial charge on any atom is 0.157 e. The highest BCUT2D eigenvalue weighted by Crippen LogP contribution is 2.42. The van der Waals surface area contributed by atoms with Crippen molar-refractivity contribution in [2.24, 2.45) is 10.8 Å². The Hall–Kier alpha value is -0.520. The fourth-order valence-electron chi connectivity index (χ4n) is 1.64. The van der Waals surface area contributed by atoms with Gasteiger partial charge >= 0.3 is 0 Å². The fraction of sp³-hybridized carbons (Fsp3) is 0.846. The molecule has 0 aliphatic carbocycles. The summed E-state index contributed by atoms with van der Waals surface area (Å²) in [5.41, 5.74) is 0.0165. The zero-order valence-corrected chi connectivity index (χ0v) is 10.3. The van der Waals surface area contributed by atoms with Crippen molar-refractivity contribution < 1.29 is 9.47 Å². The molecule has 0 bridgehead atoms. The second-order valence-electron chi connectivity index (χ2n) is 5.44. The van der Waals surface area contributed by atoms with Crippen molar-refractivity contribution in [3.63, 3.8) is 0 Å². The summed E-state index contributed by atoms with van der Waals surface area (Å²) in [5, 5.41) is 0. The summed E-state index contributed by atoms with van der Waals surface area (Å²) in [4.78, 5) is 0. The van der Waals surface area contributed by atoms with Gasteiger partial charge in [-0.25, -0.2) is 0 Å². The van der Waals surface area contributed by atoms with Crippen LogP contribution in [0.15, 0.2) is 0 Å². The van der Waals surface area contributed by atoms with Crippen LogP contribution in [0.3, 0.4) is 0 Å². The Balaban J connectivity index is 2.50. The smallest absolute Gasteiger partial charge is 0.157 e. The van der Waals surface area contributed by atoms with Crippen molar-refractivity contribution in [1.82, 2.24) is 0 Å². The number of hydrogen-bond acceptors (Lipinski definition) is 2. The van der Waals surface area contributed by atoms with Crippen molar-refractivity contribution in [2.45, 2.75) is 46.8 Å². The lowest BCUT2D eigenvalue weighted by Crippen LogP contribution is -2.32. The summed E-state index contributed by atoms with van der Waals surface area (Å²) < 4.78 is 10.8. The van der Waals surface area contributed by atoms with Crippen LogP contribution in [0.25, 0.3) is 0 Å². The molecule has 2 heteroatoms. The Morgan fingerprint density at radius 1 is 1.20 bits per heavy atom. The van der Waals surface area contributed by atoms with Crippen LogP contribution in [-0.2, 0) is 9.47 Å². The van der Waals surface area contributed by atoms with Crippen LogP contribution in [0.5, 0.6) is 0 Å². The van der Waals surface area contributed by atoms with E-state index in [-0.39, 0.29) is 17.1 Å². The van der Waals surface area contributed by atoms with Crippen LogP contribution >= 0.6 is 0 Å². The molecule has 1 aliphatic heterocycles. The molecular weight excluding hydrogens is 188 g/mol. The maximum atomic E-state index is 5.65. The Bertz CT molecular complexity index is 240. The van der Waals surface area contributed by atoms with Crippen molar-refractivity contribution in [1.29, 1.82) is 0 Å². The molecule has 0 radical (unpaired) electrons. The van der Waals surface area contributed by atoms with E-state index in [2.05, 4.69) is 33.6 Å². The van der Waals surface area contributed by atoms with E-state index < -0.39 is 0 Å². The van der Waals surface area contributed by atoms with Gasteiger partial charge in [0, 0.05) is 5.41 Å². The Morgan fingerprint density at radius 2 is 1.73 bits per heavy atom. The van der Waals surface area contributed by atoms with Gasteiger partial charge in [-0.15, -0.1) is 6.42 Å². The summed E-state index contributed by atoms with van der Waals surface area (Å²) in [6.45, 7) is 10.1. The Kier molecular flexibility index (Phi) is 3.81. The lowest BCUT2D eigenvalue weighted by molar-refractivity contribution is -0.0558. The number of rotatable bonds is 3. The minimum atomic E-state index is -0.0949. The van der Waals surface area contributed by atoms with Crippen molar-refractivity contribution in [3.8, 4) is 12.3 Å². The van der Waals surface area contributed by atoms with Gasteiger partial charge in [-0.2, -0.15) is 0 Å². The summed E-state index contributed by atoms with van der Waals surface area (Å²) in [6, 6.07) is 0. The molecule has 1 unspecified atom stereocenters. The average Bonchev–Trinajstić information content (AvgIpc) is 2.64. The molecule has 1 rings (SSSR count). The quantitative estimate of drug-likeness (QED) is 0.667. The SMILES string of the molecule is C#CC(C)(CCC1OCCO1)C(C)(C)C. The summed E-state index contributed by atoms with van der Waals surface area (Å²) in [6.07, 6.45) is 7.43. The van der Waals surface area contributed by atoms with Crippen LogP contribution in [0.2, 0.25) is 0 Å². The van der Waals surface area contributed by atoms with E-state index in [9.17, 15) is 0 Å². The molecule has 1 aliphatic rings. The van der Waals surface area contributed by atoms with Gasteiger partial charge < -0.3 is 9.47 Å². The second-order valence-corrected chi connectivity index (χ2v) is 5.44. The average molecular weight is 210 g/mol. The number of hydrogen-bond donors (Lipinski definition) is 0. The van der Waals surface area contributed by atoms with E-state index in [1.54, 1.807) is 0 Å². The lowest BCUT2D eigenvalue weighted by atomic mass is 9.66. The molecule has 15 heavy (non-hydrogen) atoms. The standard InChI is InChI=1S/C13H22O2/c1-6-13(5,12(2,3)4)8-7-11-14-9-10-15-11/h1,11H,7-10H2,2-5H3. The van der Waals surface area contributed by atoms with Gasteiger partial charge in [-0.1, -0.05) is 26.7 Å². The first-order valence-corrected chi connectivity index (χ1v) is 5.60. The number of ether oxygens (including phenoxy) is 2. The van der Waals surface area contributed by atoms with Gasteiger partial charge in [0.15, 0.2) is 6.29 Å². The third-order valence-corrected chi connectivity index (χ3v) is 3.54. The topological polar surface area (TPSA) is 18.5 Å². The largest absolute Gasteiger partial charge is 0.350 e. The van der Waals surface area contributed by atoms with Crippen LogP contribution in [0, 0.1) is 23.2 Å². The van der Waals surface area contributed by atoms with Gasteiger partial charge in [-0.3, -0.25) is 0 Å². The van der Waals surface area contributed by atoms with Crippen LogP contribution in [-0.4, -0.2) is 19.5 Å². The third-order valence-electron chi connectivity index (χ3n) is 3.54. The summed E-state index contributed by atoms with van der Waals surface area (Å²) >= 11 is 0. The minimum absolute atomic E-state index is 0.0416. The molecule has 1 atom stereocenters. The Morgan fingerprint density at radius 3 is 2.13 bits per heavy atom. The zero-order chi connectivity index (χ0) is 11.5. The highest BCUT2D eigenvalue weighted by molar-refractivity contribution is 5.08. The molecule has 2 nitrogen and oxygen atoms in total. The van der Waals surface area contributed by atoms with Crippen molar-refractivity contribution in [3.05, 3.63) is 0 Å². The first-order chi connectivity index (χ1) is 6.89. The van der Waals surface area contributed by atoms with E-state index >= 15 is 0 Å². The first-order valence-electron chi connectivity index (χ1n) is 5.60. The molecule has 0 amide bonds. The fourth-order valence-corrected chi connectivity index (χ4v) is 1.64. The molecule has 86 valence electrons. The van der Waals surface area contributed by atoms with Crippen molar-refractivity contribution >= 4 is 0 Å². The molecule has 1 heterocycles. The van der Waals surface area contributed by atoms with Gasteiger partial charge in [0.1, 0.15) is 0 Å². The molecule has 1 saturated heterocycles. The molecule has 0 spiro atoms. The number of terminal acetylenes is 1. The van der Waals surface area contributed by atoms with E-state index in [1.807, 2.05) is 0 Å². The molecule has 0 aromatic rings. The van der Waals surface area contributed by atoms with E-state index in [0.29, 0.717) is 13.2 Å². The molecule has 0 aromatic carbocycles. The minimum Gasteiger partial charge on any atom is -0.350 e. The molecule has 0 aromatic heterocycles. The van der Waals surface area contributed by atoms with Crippen LogP contribution in [0.1, 0.15) is 40.5 Å². The van der Waals surface area contributed by atoms with Crippen LogP contribution < -0.4 is 0 Å². The van der Waals surface area contributed by atoms with E-state index in [1.165, 1.54) is 0 Å². The second kappa shape index (κ2) is 4.55. The summed E-state index contributed by atoms with van der Waals surface area (Å²) in [5.74, 6) is 2.93. The van der Waals surface area contributed by atoms with E-state index in [4.69, 9.17) is 15.9 Å². The van der Waals surface area contributed by atoms with Gasteiger partial charge in [-0.05, 0) is 25.2 Å². The predicted octanol–water partition coefficient (Wildman–Crippen LogP) is 2.83. The molecule has 0 saturated carbocycles. The molecular formula is C13H22O2. The van der Waals surface area contributed by atoms with E-state index in [0.717, 1.165) is 12.8 Å². The monoisotopic (exact) mass is 210 g/mol. The van der Waals surface area contributed by atoms with Gasteiger partial charge in [0.25, 0.3) is 0 Å². The first kappa shape index (κ1) is 12.5. The van der Waals surface area contributed by atoms with Gasteiger partial charge in [0.05, 0.1) is 13.2 Å². The molecule has 1 fully saturated rings. The van der Waals surface area contributed by atoms with Crippen LogP contribution in [0.4, 0.5) is 0 Å². The lowest BCUT2D eigenvalue weighted by Gasteiger charge is -2.38. The highest BCUT2D eigenvalue weighted by atomic mass is 16.7. The maximum absolute atomic E-state index is 5.65. The zero-order valence-electron chi connectivity index (χ0n) is 10.3. The van der Waals surface area contributed by atoms with Crippen molar-refractivity contribution in [2.75, 3.05) is 13.2 Å². The van der Waals surface area contributed by atoms with Gasteiger partial charge in [0.2, 0.25) is 0 Å². The third kappa shape index (κ3) is 2.96. The highest BCUT2D eigenvalue weighted by Gasteiger charge is 2.36. The molecule has 0 N–H and O–H groups in total. The predicted molar refractivity (Wildman–Crippen MR) is 61.3 cm³/mol. The normalized spacial score (nSPS) is 22.3. The summed E-state index contributed by atoms with van der Waals surface area (Å²) in [7, 11) is 0. The Labute approximate surface area is 93.3 Å².